The van der Waals surface area contributed by atoms with E-state index in [1.165, 1.54) is 19.3 Å². The molecule has 2 rings (SSSR count). The van der Waals surface area contributed by atoms with Crippen molar-refractivity contribution in [3.05, 3.63) is 29.8 Å². The minimum Gasteiger partial charge on any atom is -0.494 e. The van der Waals surface area contributed by atoms with E-state index in [2.05, 4.69) is 5.32 Å². The molecule has 0 radical (unpaired) electrons. The zero-order chi connectivity index (χ0) is 15.9. The van der Waals surface area contributed by atoms with Crippen LogP contribution in [0.1, 0.15) is 49.4 Å². The highest BCUT2D eigenvalue weighted by Gasteiger charge is 2.21. The predicted molar refractivity (Wildman–Crippen MR) is 92.3 cm³/mol. The smallest absolute Gasteiger partial charge is 0.257 e. The van der Waals surface area contributed by atoms with Crippen LogP contribution in [0.4, 0.5) is 0 Å². The molecule has 120 valence electrons. The van der Waals surface area contributed by atoms with Gasteiger partial charge in [-0.25, -0.2) is 0 Å². The zero-order valence-electron chi connectivity index (χ0n) is 13.3. The van der Waals surface area contributed by atoms with Gasteiger partial charge in [0.25, 0.3) is 5.91 Å². The molecule has 0 aromatic heterocycles. The van der Waals surface area contributed by atoms with Crippen molar-refractivity contribution in [3.63, 3.8) is 0 Å². The summed E-state index contributed by atoms with van der Waals surface area (Å²) in [6.07, 6.45) is 6.08. The Kier molecular flexibility index (Phi) is 6.19. The Morgan fingerprint density at radius 1 is 1.27 bits per heavy atom. The molecule has 1 aromatic rings. The summed E-state index contributed by atoms with van der Waals surface area (Å²) in [7, 11) is 1.97. The highest BCUT2D eigenvalue weighted by Crippen LogP contribution is 2.21. The Morgan fingerprint density at radius 3 is 2.50 bits per heavy atom. The molecule has 5 heteroatoms. The lowest BCUT2D eigenvalue weighted by Crippen LogP contribution is -2.46. The number of ether oxygens (including phenoxy) is 1. The molecule has 1 amide bonds. The molecular weight excluding hydrogens is 296 g/mol. The van der Waals surface area contributed by atoms with Crippen LogP contribution in [0.2, 0.25) is 0 Å². The average Bonchev–Trinajstić information content (AvgIpc) is 2.55. The summed E-state index contributed by atoms with van der Waals surface area (Å²) in [6.45, 7) is 2.54. The molecule has 0 aliphatic heterocycles. The summed E-state index contributed by atoms with van der Waals surface area (Å²) in [6, 6.07) is 7.55. The second kappa shape index (κ2) is 8.13. The van der Waals surface area contributed by atoms with Crippen molar-refractivity contribution >= 4 is 23.2 Å². The zero-order valence-corrected chi connectivity index (χ0v) is 14.1. The van der Waals surface area contributed by atoms with Crippen molar-refractivity contribution in [1.82, 2.24) is 10.2 Å². The van der Waals surface area contributed by atoms with Gasteiger partial charge in [-0.1, -0.05) is 19.3 Å². The molecule has 0 unspecified atom stereocenters. The van der Waals surface area contributed by atoms with Crippen molar-refractivity contribution in [1.29, 1.82) is 0 Å². The van der Waals surface area contributed by atoms with E-state index in [0.29, 0.717) is 23.3 Å². The summed E-state index contributed by atoms with van der Waals surface area (Å²) in [5.74, 6) is 0.594. The highest BCUT2D eigenvalue weighted by atomic mass is 32.1. The van der Waals surface area contributed by atoms with E-state index in [4.69, 9.17) is 17.0 Å². The normalized spacial score (nSPS) is 15.2. The molecule has 1 N–H and O–H groups in total. The number of hydrogen-bond donors (Lipinski definition) is 1. The van der Waals surface area contributed by atoms with E-state index in [9.17, 15) is 4.79 Å². The van der Waals surface area contributed by atoms with E-state index in [0.717, 1.165) is 18.6 Å². The van der Waals surface area contributed by atoms with Gasteiger partial charge in [-0.2, -0.15) is 0 Å². The van der Waals surface area contributed by atoms with Gasteiger partial charge in [-0.3, -0.25) is 10.1 Å². The lowest BCUT2D eigenvalue weighted by molar-refractivity contribution is 0.0972. The standard InChI is InChI=1S/C17H24N2O2S/c1-3-21-15-11-9-13(10-12-15)16(20)18-17(22)19(2)14-7-5-4-6-8-14/h9-12,14H,3-8H2,1-2H3,(H,18,20,22). The third-order valence-corrected chi connectivity index (χ3v) is 4.48. The van der Waals surface area contributed by atoms with Crippen LogP contribution in [0, 0.1) is 0 Å². The fourth-order valence-electron chi connectivity index (χ4n) is 2.76. The van der Waals surface area contributed by atoms with Crippen LogP contribution in [-0.2, 0) is 0 Å². The first-order chi connectivity index (χ1) is 10.6. The third-order valence-electron chi connectivity index (χ3n) is 4.09. The number of nitrogens with zero attached hydrogens (tertiary/aromatic N) is 1. The summed E-state index contributed by atoms with van der Waals surface area (Å²) < 4.78 is 5.37. The average molecular weight is 320 g/mol. The van der Waals surface area contributed by atoms with Gasteiger partial charge in [-0.15, -0.1) is 0 Å². The lowest BCUT2D eigenvalue weighted by atomic mass is 9.95. The largest absolute Gasteiger partial charge is 0.494 e. The second-order valence-corrected chi connectivity index (χ2v) is 6.01. The summed E-state index contributed by atoms with van der Waals surface area (Å²) in [4.78, 5) is 14.3. The van der Waals surface area contributed by atoms with Crippen LogP contribution < -0.4 is 10.1 Å². The van der Waals surface area contributed by atoms with Gasteiger partial charge in [0.1, 0.15) is 5.75 Å². The molecule has 0 saturated heterocycles. The lowest BCUT2D eigenvalue weighted by Gasteiger charge is -2.32. The molecule has 0 bridgehead atoms. The first-order valence-electron chi connectivity index (χ1n) is 7.93. The molecule has 1 fully saturated rings. The minimum absolute atomic E-state index is 0.171. The van der Waals surface area contributed by atoms with Gasteiger partial charge in [0.2, 0.25) is 0 Å². The molecule has 1 aliphatic rings. The maximum absolute atomic E-state index is 12.2. The molecule has 1 saturated carbocycles. The Morgan fingerprint density at radius 2 is 1.91 bits per heavy atom. The van der Waals surface area contributed by atoms with Crippen LogP contribution in [-0.4, -0.2) is 35.6 Å². The highest BCUT2D eigenvalue weighted by molar-refractivity contribution is 7.80. The number of carbonyl (C=O) groups is 1. The summed E-state index contributed by atoms with van der Waals surface area (Å²) in [5.41, 5.74) is 0.586. The maximum atomic E-state index is 12.2. The molecule has 0 spiro atoms. The fourth-order valence-corrected chi connectivity index (χ4v) is 3.00. The summed E-state index contributed by atoms with van der Waals surface area (Å²) in [5, 5.41) is 3.33. The first kappa shape index (κ1) is 16.7. The topological polar surface area (TPSA) is 41.6 Å². The second-order valence-electron chi connectivity index (χ2n) is 5.62. The van der Waals surface area contributed by atoms with Crippen molar-refractivity contribution in [2.75, 3.05) is 13.7 Å². The van der Waals surface area contributed by atoms with Gasteiger partial charge in [-0.05, 0) is 56.2 Å². The van der Waals surface area contributed by atoms with Gasteiger partial charge in [0.15, 0.2) is 5.11 Å². The monoisotopic (exact) mass is 320 g/mol. The van der Waals surface area contributed by atoms with E-state index in [1.807, 2.05) is 18.9 Å². The number of rotatable bonds is 4. The number of hydrogen-bond acceptors (Lipinski definition) is 3. The third kappa shape index (κ3) is 4.44. The Bertz CT molecular complexity index is 510. The molecule has 0 atom stereocenters. The van der Waals surface area contributed by atoms with Crippen LogP contribution >= 0.6 is 12.2 Å². The van der Waals surface area contributed by atoms with Gasteiger partial charge in [0, 0.05) is 18.7 Å². The van der Waals surface area contributed by atoms with E-state index >= 15 is 0 Å². The first-order valence-corrected chi connectivity index (χ1v) is 8.33. The van der Waals surface area contributed by atoms with Crippen molar-refractivity contribution in [3.8, 4) is 5.75 Å². The van der Waals surface area contributed by atoms with Gasteiger partial charge < -0.3 is 9.64 Å². The molecule has 4 nitrogen and oxygen atoms in total. The van der Waals surface area contributed by atoms with Gasteiger partial charge >= 0.3 is 0 Å². The number of nitrogens with one attached hydrogen (secondary N) is 1. The molecule has 22 heavy (non-hydrogen) atoms. The SMILES string of the molecule is CCOc1ccc(C(=O)NC(=S)N(C)C2CCCCC2)cc1. The fraction of sp³-hybridized carbons (Fsp3) is 0.529. The number of carbonyl (C=O) groups excluding carboxylic acids is 1. The van der Waals surface area contributed by atoms with Crippen LogP contribution in [0.3, 0.4) is 0 Å². The minimum atomic E-state index is -0.171. The van der Waals surface area contributed by atoms with E-state index in [-0.39, 0.29) is 5.91 Å². The number of amides is 1. The van der Waals surface area contributed by atoms with Crippen molar-refractivity contribution in [2.45, 2.75) is 45.1 Å². The van der Waals surface area contributed by atoms with Crippen LogP contribution in [0.25, 0.3) is 0 Å². The Labute approximate surface area is 137 Å². The van der Waals surface area contributed by atoms with Gasteiger partial charge in [0.05, 0.1) is 6.61 Å². The molecule has 0 heterocycles. The van der Waals surface area contributed by atoms with Crippen molar-refractivity contribution in [2.24, 2.45) is 0 Å². The summed E-state index contributed by atoms with van der Waals surface area (Å²) >= 11 is 5.37. The van der Waals surface area contributed by atoms with E-state index in [1.54, 1.807) is 24.3 Å². The van der Waals surface area contributed by atoms with Crippen LogP contribution in [0.5, 0.6) is 5.75 Å². The quantitative estimate of drug-likeness (QED) is 0.864. The van der Waals surface area contributed by atoms with E-state index < -0.39 is 0 Å². The number of thiocarbonyl (C=S) groups is 1. The Hall–Kier alpha value is -1.62. The predicted octanol–water partition coefficient (Wildman–Crippen LogP) is 3.36. The van der Waals surface area contributed by atoms with Crippen LogP contribution in [0.15, 0.2) is 24.3 Å². The van der Waals surface area contributed by atoms with Crippen molar-refractivity contribution < 1.29 is 9.53 Å². The Balaban J connectivity index is 1.91. The number of benzene rings is 1. The molecular formula is C17H24N2O2S. The molecule has 1 aliphatic carbocycles. The molecule has 1 aromatic carbocycles. The maximum Gasteiger partial charge on any atom is 0.257 e.